The van der Waals surface area contributed by atoms with E-state index in [1.807, 2.05) is 44.2 Å². The van der Waals surface area contributed by atoms with E-state index in [1.165, 1.54) is 24.0 Å². The van der Waals surface area contributed by atoms with Gasteiger partial charge in [-0.2, -0.15) is 0 Å². The largest absolute Gasteiger partial charge is 0.508 e. The predicted octanol–water partition coefficient (Wildman–Crippen LogP) is -0.0165. The topological polar surface area (TPSA) is 183 Å². The Balaban J connectivity index is 1.59. The number of nitrogens with one attached hydrogen (secondary N) is 4. The normalized spacial score (nSPS) is 16.9. The van der Waals surface area contributed by atoms with E-state index in [0.717, 1.165) is 11.1 Å². The summed E-state index contributed by atoms with van der Waals surface area (Å²) >= 11 is 0. The summed E-state index contributed by atoms with van der Waals surface area (Å²) in [7, 11) is 0. The van der Waals surface area contributed by atoms with Crippen molar-refractivity contribution in [1.29, 1.82) is 0 Å². The van der Waals surface area contributed by atoms with E-state index < -0.39 is 48.4 Å². The number of piperazine rings is 1. The molecule has 232 valence electrons. The van der Waals surface area contributed by atoms with E-state index in [9.17, 15) is 29.1 Å². The quantitative estimate of drug-likeness (QED) is 0.188. The van der Waals surface area contributed by atoms with Crippen molar-refractivity contribution in [3.63, 3.8) is 0 Å². The average molecular weight is 595 g/mol. The number of carbonyl (C=O) groups is 5. The van der Waals surface area contributed by atoms with Crippen molar-refractivity contribution in [2.24, 2.45) is 11.7 Å². The molecule has 2 aromatic carbocycles. The summed E-state index contributed by atoms with van der Waals surface area (Å²) in [4.78, 5) is 66.0. The SMILES string of the molecule is CC(C)CC1C(=O)NCCN1C(=O)[C@H](Cc1ccccc1)NC(=O)CNC(=O)[C@@H](C)NC(=O)[C@@H](N)Cc1ccc(O)cc1. The maximum Gasteiger partial charge on any atom is 0.246 e. The third kappa shape index (κ3) is 10.1. The van der Waals surface area contributed by atoms with Crippen LogP contribution in [0.2, 0.25) is 0 Å². The first-order chi connectivity index (χ1) is 20.4. The van der Waals surface area contributed by atoms with Crippen molar-refractivity contribution in [3.05, 3.63) is 65.7 Å². The summed E-state index contributed by atoms with van der Waals surface area (Å²) in [5, 5.41) is 20.0. The first kappa shape index (κ1) is 33.1. The molecule has 0 radical (unpaired) electrons. The second-order valence-corrected chi connectivity index (χ2v) is 11.2. The van der Waals surface area contributed by atoms with Gasteiger partial charge in [-0.15, -0.1) is 0 Å². The molecule has 1 aliphatic heterocycles. The van der Waals surface area contributed by atoms with Gasteiger partial charge in [-0.3, -0.25) is 24.0 Å². The Bertz CT molecular complexity index is 1270. The van der Waals surface area contributed by atoms with Gasteiger partial charge >= 0.3 is 0 Å². The second kappa shape index (κ2) is 15.7. The lowest BCUT2D eigenvalue weighted by atomic mass is 9.97. The van der Waals surface area contributed by atoms with Crippen LogP contribution in [-0.4, -0.2) is 83.3 Å². The van der Waals surface area contributed by atoms with Gasteiger partial charge in [0.15, 0.2) is 0 Å². The Morgan fingerprint density at radius 1 is 0.953 bits per heavy atom. The molecular formula is C31H42N6O6. The van der Waals surface area contributed by atoms with Crippen LogP contribution < -0.4 is 27.0 Å². The van der Waals surface area contributed by atoms with Crippen LogP contribution in [0.15, 0.2) is 54.6 Å². The average Bonchev–Trinajstić information content (AvgIpc) is 2.97. The Labute approximate surface area is 251 Å². The fraction of sp³-hybridized carbons (Fsp3) is 0.452. The molecule has 43 heavy (non-hydrogen) atoms. The van der Waals surface area contributed by atoms with E-state index in [2.05, 4.69) is 21.3 Å². The van der Waals surface area contributed by atoms with Gasteiger partial charge in [0.1, 0.15) is 23.9 Å². The molecule has 1 fully saturated rings. The lowest BCUT2D eigenvalue weighted by molar-refractivity contribution is -0.146. The molecule has 1 saturated heterocycles. The number of carbonyl (C=O) groups excluding carboxylic acids is 5. The molecule has 1 heterocycles. The van der Waals surface area contributed by atoms with Gasteiger partial charge in [0, 0.05) is 19.5 Å². The third-order valence-electron chi connectivity index (χ3n) is 7.13. The van der Waals surface area contributed by atoms with Crippen LogP contribution >= 0.6 is 0 Å². The Morgan fingerprint density at radius 2 is 1.60 bits per heavy atom. The zero-order valence-electron chi connectivity index (χ0n) is 24.8. The molecule has 0 aliphatic carbocycles. The number of hydrogen-bond acceptors (Lipinski definition) is 7. The first-order valence-electron chi connectivity index (χ1n) is 14.5. The van der Waals surface area contributed by atoms with Gasteiger partial charge in [0.25, 0.3) is 0 Å². The van der Waals surface area contributed by atoms with Gasteiger partial charge < -0.3 is 37.0 Å². The van der Waals surface area contributed by atoms with Crippen molar-refractivity contribution in [3.8, 4) is 5.75 Å². The Morgan fingerprint density at radius 3 is 2.26 bits per heavy atom. The molecule has 1 aliphatic rings. The fourth-order valence-corrected chi connectivity index (χ4v) is 4.84. The highest BCUT2D eigenvalue weighted by molar-refractivity contribution is 5.95. The molecule has 12 nitrogen and oxygen atoms in total. The molecule has 7 N–H and O–H groups in total. The monoisotopic (exact) mass is 594 g/mol. The van der Waals surface area contributed by atoms with Gasteiger partial charge in [0.2, 0.25) is 29.5 Å². The number of aromatic hydroxyl groups is 1. The van der Waals surface area contributed by atoms with Crippen molar-refractivity contribution < 1.29 is 29.1 Å². The summed E-state index contributed by atoms with van der Waals surface area (Å²) in [6, 6.07) is 12.0. The van der Waals surface area contributed by atoms with Crippen LogP contribution in [0.5, 0.6) is 5.75 Å². The fourth-order valence-electron chi connectivity index (χ4n) is 4.84. The second-order valence-electron chi connectivity index (χ2n) is 11.2. The van der Waals surface area contributed by atoms with Gasteiger partial charge in [0.05, 0.1) is 12.6 Å². The molecule has 0 spiro atoms. The van der Waals surface area contributed by atoms with Crippen LogP contribution in [0.4, 0.5) is 0 Å². The lowest BCUT2D eigenvalue weighted by Crippen LogP contribution is -2.62. The molecule has 0 saturated carbocycles. The van der Waals surface area contributed by atoms with Crippen LogP contribution in [0.1, 0.15) is 38.3 Å². The summed E-state index contributed by atoms with van der Waals surface area (Å²) in [5.74, 6) is -2.05. The van der Waals surface area contributed by atoms with Crippen molar-refractivity contribution in [2.45, 2.75) is 64.2 Å². The van der Waals surface area contributed by atoms with Gasteiger partial charge in [-0.05, 0) is 48.9 Å². The standard InChI is InChI=1S/C31H42N6O6/c1-19(2)15-26-30(42)33-13-14-37(26)31(43)25(17-21-7-5-4-6-8-21)36-27(39)18-34-28(40)20(3)35-29(41)24(32)16-22-9-11-23(38)12-10-22/h4-12,19-20,24-26,38H,13-18,32H2,1-3H3,(H,33,42)(H,34,40)(H,35,41)(H,36,39)/t20-,24+,25+,26?/m1/s1. The first-order valence-corrected chi connectivity index (χ1v) is 14.5. The number of hydrogen-bond donors (Lipinski definition) is 6. The number of rotatable bonds is 13. The van der Waals surface area contributed by atoms with E-state index in [1.54, 1.807) is 12.1 Å². The maximum atomic E-state index is 13.7. The van der Waals surface area contributed by atoms with E-state index in [4.69, 9.17) is 5.73 Å². The molecule has 3 rings (SSSR count). The van der Waals surface area contributed by atoms with Crippen LogP contribution in [0, 0.1) is 5.92 Å². The Hall–Kier alpha value is -4.45. The summed E-state index contributed by atoms with van der Waals surface area (Å²) < 4.78 is 0. The number of nitrogens with zero attached hydrogens (tertiary/aromatic N) is 1. The molecule has 4 atom stereocenters. The highest BCUT2D eigenvalue weighted by atomic mass is 16.3. The van der Waals surface area contributed by atoms with Crippen LogP contribution in [-0.2, 0) is 36.8 Å². The minimum atomic E-state index is -0.975. The van der Waals surface area contributed by atoms with Crippen LogP contribution in [0.3, 0.4) is 0 Å². The zero-order chi connectivity index (χ0) is 31.5. The van der Waals surface area contributed by atoms with Gasteiger partial charge in [-0.1, -0.05) is 56.3 Å². The minimum absolute atomic E-state index is 0.0982. The molecule has 0 bridgehead atoms. The minimum Gasteiger partial charge on any atom is -0.508 e. The summed E-state index contributed by atoms with van der Waals surface area (Å²) in [6.45, 7) is 5.64. The van der Waals surface area contributed by atoms with Crippen molar-refractivity contribution >= 4 is 29.5 Å². The number of phenols is 1. The predicted molar refractivity (Wildman–Crippen MR) is 160 cm³/mol. The molecule has 2 aromatic rings. The molecule has 1 unspecified atom stereocenters. The van der Waals surface area contributed by atoms with Crippen LogP contribution in [0.25, 0.3) is 0 Å². The third-order valence-corrected chi connectivity index (χ3v) is 7.13. The number of phenolic OH excluding ortho intramolecular Hbond substituents is 1. The lowest BCUT2D eigenvalue weighted by Gasteiger charge is -2.38. The smallest absolute Gasteiger partial charge is 0.246 e. The highest BCUT2D eigenvalue weighted by Gasteiger charge is 2.37. The van der Waals surface area contributed by atoms with E-state index in [0.29, 0.717) is 19.5 Å². The molecule has 5 amide bonds. The summed E-state index contributed by atoms with van der Waals surface area (Å²) in [6.07, 6.45) is 0.898. The summed E-state index contributed by atoms with van der Waals surface area (Å²) in [5.41, 5.74) is 7.55. The number of amides is 5. The maximum absolute atomic E-state index is 13.7. The number of benzene rings is 2. The Kier molecular flexibility index (Phi) is 12.1. The molecule has 12 heteroatoms. The zero-order valence-corrected chi connectivity index (χ0v) is 24.8. The van der Waals surface area contributed by atoms with E-state index >= 15 is 0 Å². The molecular weight excluding hydrogens is 552 g/mol. The van der Waals surface area contributed by atoms with Gasteiger partial charge in [-0.25, -0.2) is 0 Å². The molecule has 0 aromatic heterocycles. The highest BCUT2D eigenvalue weighted by Crippen LogP contribution is 2.17. The number of nitrogens with two attached hydrogens (primary N) is 1. The van der Waals surface area contributed by atoms with Crippen molar-refractivity contribution in [1.82, 2.24) is 26.2 Å². The van der Waals surface area contributed by atoms with E-state index in [-0.39, 0.29) is 36.3 Å². The van der Waals surface area contributed by atoms with Crippen molar-refractivity contribution in [2.75, 3.05) is 19.6 Å².